The van der Waals surface area contributed by atoms with E-state index in [-0.39, 0.29) is 5.56 Å². The highest BCUT2D eigenvalue weighted by Crippen LogP contribution is 2.27. The van der Waals surface area contributed by atoms with Gasteiger partial charge in [-0.05, 0) is 44.0 Å². The van der Waals surface area contributed by atoms with Gasteiger partial charge in [0.15, 0.2) is 0 Å². The fraction of sp³-hybridized carbons (Fsp3) is 0.474. The number of anilines is 1. The monoisotopic (exact) mass is 342 g/mol. The maximum Gasteiger partial charge on any atom is 0.270 e. The van der Waals surface area contributed by atoms with Crippen LogP contribution in [0.2, 0.25) is 0 Å². The van der Waals surface area contributed by atoms with Crippen LogP contribution in [0.4, 0.5) is 5.69 Å². The topological polar surface area (TPSA) is 61.5 Å². The first-order chi connectivity index (χ1) is 12.1. The average Bonchev–Trinajstić information content (AvgIpc) is 2.63. The Balaban J connectivity index is 1.49. The minimum Gasteiger partial charge on any atom is -0.491 e. The largest absolute Gasteiger partial charge is 0.491 e. The number of hydrogen-bond acceptors (Lipinski definition) is 5. The molecule has 0 amide bonds. The maximum absolute atomic E-state index is 11.7. The van der Waals surface area contributed by atoms with E-state index in [1.807, 2.05) is 32.3 Å². The summed E-state index contributed by atoms with van der Waals surface area (Å²) in [4.78, 5) is 23.0. The highest BCUT2D eigenvalue weighted by molar-refractivity contribution is 5.57. The molecule has 0 aliphatic carbocycles. The normalized spacial score (nSPS) is 15.9. The molecule has 134 valence electrons. The van der Waals surface area contributed by atoms with E-state index in [1.165, 1.54) is 0 Å². The van der Waals surface area contributed by atoms with Crippen molar-refractivity contribution >= 4 is 5.69 Å². The average molecular weight is 342 g/mol. The Hall–Kier alpha value is -2.34. The van der Waals surface area contributed by atoms with Crippen LogP contribution in [0.3, 0.4) is 0 Å². The molecule has 1 aromatic heterocycles. The van der Waals surface area contributed by atoms with Gasteiger partial charge in [-0.3, -0.25) is 14.7 Å². The number of piperidine rings is 1. The van der Waals surface area contributed by atoms with Crippen molar-refractivity contribution in [2.45, 2.75) is 19.4 Å². The molecule has 6 nitrogen and oxygen atoms in total. The van der Waals surface area contributed by atoms with Gasteiger partial charge in [-0.2, -0.15) is 0 Å². The highest BCUT2D eigenvalue weighted by Gasteiger charge is 2.21. The molecule has 3 rings (SSSR count). The summed E-state index contributed by atoms with van der Waals surface area (Å²) in [5.41, 5.74) is 1.61. The Bertz CT molecular complexity index is 736. The van der Waals surface area contributed by atoms with Crippen molar-refractivity contribution in [2.24, 2.45) is 5.92 Å². The lowest BCUT2D eigenvalue weighted by Gasteiger charge is -2.31. The number of aromatic nitrogens is 2. The second kappa shape index (κ2) is 8.16. The lowest BCUT2D eigenvalue weighted by atomic mass is 9.97. The number of benzene rings is 1. The molecule has 1 aromatic carbocycles. The predicted molar refractivity (Wildman–Crippen MR) is 99.1 cm³/mol. The number of likely N-dealkylation sites (tertiary alicyclic amines) is 1. The summed E-state index contributed by atoms with van der Waals surface area (Å²) in [6, 6.07) is 8.13. The van der Waals surface area contributed by atoms with Crippen LogP contribution < -0.4 is 15.2 Å². The van der Waals surface area contributed by atoms with Crippen molar-refractivity contribution in [3.8, 4) is 5.75 Å². The number of nitrogens with one attached hydrogen (secondary N) is 1. The van der Waals surface area contributed by atoms with E-state index in [1.54, 1.807) is 12.4 Å². The highest BCUT2D eigenvalue weighted by atomic mass is 16.5. The van der Waals surface area contributed by atoms with Crippen molar-refractivity contribution in [1.82, 2.24) is 14.9 Å². The Morgan fingerprint density at radius 2 is 2.04 bits per heavy atom. The summed E-state index contributed by atoms with van der Waals surface area (Å²) < 4.78 is 6.08. The van der Waals surface area contributed by atoms with Crippen LogP contribution >= 0.6 is 0 Å². The van der Waals surface area contributed by atoms with Crippen LogP contribution in [0.15, 0.2) is 41.5 Å². The molecule has 1 aliphatic heterocycles. The summed E-state index contributed by atoms with van der Waals surface area (Å²) in [7, 11) is 4.06. The zero-order chi connectivity index (χ0) is 17.6. The van der Waals surface area contributed by atoms with Crippen LogP contribution in [0.25, 0.3) is 0 Å². The second-order valence-corrected chi connectivity index (χ2v) is 6.76. The third-order valence-electron chi connectivity index (χ3n) is 4.68. The van der Waals surface area contributed by atoms with Crippen LogP contribution in [0.5, 0.6) is 5.75 Å². The van der Waals surface area contributed by atoms with E-state index >= 15 is 0 Å². The number of H-pyrrole nitrogens is 1. The van der Waals surface area contributed by atoms with Gasteiger partial charge >= 0.3 is 0 Å². The van der Waals surface area contributed by atoms with Crippen molar-refractivity contribution < 1.29 is 4.74 Å². The van der Waals surface area contributed by atoms with Gasteiger partial charge in [0.1, 0.15) is 11.4 Å². The molecule has 1 saturated heterocycles. The van der Waals surface area contributed by atoms with Crippen molar-refractivity contribution in [2.75, 3.05) is 38.7 Å². The van der Waals surface area contributed by atoms with Gasteiger partial charge in [-0.1, -0.05) is 12.1 Å². The summed E-state index contributed by atoms with van der Waals surface area (Å²) >= 11 is 0. The van der Waals surface area contributed by atoms with Gasteiger partial charge in [0.25, 0.3) is 5.56 Å². The molecule has 1 fully saturated rings. The SMILES string of the molecule is CN(C)c1ccccc1OCC1CCN(Cc2ncc[nH]c2=O)CC1. The molecule has 0 radical (unpaired) electrons. The van der Waals surface area contributed by atoms with Gasteiger partial charge in [0, 0.05) is 33.0 Å². The third kappa shape index (κ3) is 4.60. The molecule has 0 bridgehead atoms. The van der Waals surface area contributed by atoms with E-state index in [9.17, 15) is 4.79 Å². The molecule has 1 N–H and O–H groups in total. The summed E-state index contributed by atoms with van der Waals surface area (Å²) in [6.07, 6.45) is 5.37. The predicted octanol–water partition coefficient (Wildman–Crippen LogP) is 2.13. The molecule has 0 atom stereocenters. The Morgan fingerprint density at radius 3 is 2.76 bits per heavy atom. The zero-order valence-corrected chi connectivity index (χ0v) is 14.9. The van der Waals surface area contributed by atoms with E-state index in [2.05, 4.69) is 25.8 Å². The van der Waals surface area contributed by atoms with Crippen molar-refractivity contribution in [3.63, 3.8) is 0 Å². The van der Waals surface area contributed by atoms with Crippen molar-refractivity contribution in [1.29, 1.82) is 0 Å². The molecule has 1 aliphatic rings. The van der Waals surface area contributed by atoms with Gasteiger partial charge in [0.05, 0.1) is 12.3 Å². The molecular formula is C19H26N4O2. The number of nitrogens with zero attached hydrogens (tertiary/aromatic N) is 3. The molecule has 2 aromatic rings. The lowest BCUT2D eigenvalue weighted by Crippen LogP contribution is -2.36. The molecular weight excluding hydrogens is 316 g/mol. The first kappa shape index (κ1) is 17.5. The standard InChI is InChI=1S/C19H26N4O2/c1-22(2)17-5-3-4-6-18(17)25-14-15-7-11-23(12-8-15)13-16-19(24)21-10-9-20-16/h3-6,9-10,15H,7-8,11-14H2,1-2H3,(H,21,24). The first-order valence-electron chi connectivity index (χ1n) is 8.77. The Morgan fingerprint density at radius 1 is 1.28 bits per heavy atom. The minimum atomic E-state index is -0.0896. The minimum absolute atomic E-state index is 0.0896. The van der Waals surface area contributed by atoms with Crippen molar-refractivity contribution in [3.05, 3.63) is 52.7 Å². The number of rotatable bonds is 6. The van der Waals surface area contributed by atoms with Crippen LogP contribution in [0, 0.1) is 5.92 Å². The molecule has 2 heterocycles. The smallest absolute Gasteiger partial charge is 0.270 e. The van der Waals surface area contributed by atoms with E-state index in [4.69, 9.17) is 4.74 Å². The molecule has 0 unspecified atom stereocenters. The quantitative estimate of drug-likeness (QED) is 0.871. The number of hydrogen-bond donors (Lipinski definition) is 1. The Kier molecular flexibility index (Phi) is 5.71. The summed E-state index contributed by atoms with van der Waals surface area (Å²) in [5, 5.41) is 0. The maximum atomic E-state index is 11.7. The molecule has 0 saturated carbocycles. The molecule has 0 spiro atoms. The second-order valence-electron chi connectivity index (χ2n) is 6.76. The first-order valence-corrected chi connectivity index (χ1v) is 8.77. The van der Waals surface area contributed by atoms with Crippen LogP contribution in [-0.4, -0.2) is 48.7 Å². The van der Waals surface area contributed by atoms with E-state index in [0.717, 1.165) is 44.0 Å². The summed E-state index contributed by atoms with van der Waals surface area (Å²) in [5.74, 6) is 1.49. The fourth-order valence-electron chi connectivity index (χ4n) is 3.17. The Labute approximate surface area is 148 Å². The molecule has 6 heteroatoms. The van der Waals surface area contributed by atoms with E-state index in [0.29, 0.717) is 18.2 Å². The number of aromatic amines is 1. The van der Waals surface area contributed by atoms with E-state index < -0.39 is 0 Å². The van der Waals surface area contributed by atoms with Gasteiger partial charge < -0.3 is 14.6 Å². The number of ether oxygens (including phenoxy) is 1. The van der Waals surface area contributed by atoms with Gasteiger partial charge in [-0.25, -0.2) is 0 Å². The fourth-order valence-corrected chi connectivity index (χ4v) is 3.17. The number of para-hydroxylation sites is 2. The van der Waals surface area contributed by atoms with Gasteiger partial charge in [0.2, 0.25) is 0 Å². The zero-order valence-electron chi connectivity index (χ0n) is 14.9. The molecule has 25 heavy (non-hydrogen) atoms. The third-order valence-corrected chi connectivity index (χ3v) is 4.68. The lowest BCUT2D eigenvalue weighted by molar-refractivity contribution is 0.135. The summed E-state index contributed by atoms with van der Waals surface area (Å²) in [6.45, 7) is 3.30. The van der Waals surface area contributed by atoms with Crippen LogP contribution in [0.1, 0.15) is 18.5 Å². The van der Waals surface area contributed by atoms with Gasteiger partial charge in [-0.15, -0.1) is 0 Å². The van der Waals surface area contributed by atoms with Crippen LogP contribution in [-0.2, 0) is 6.54 Å².